The third kappa shape index (κ3) is 5.95. The Labute approximate surface area is 400 Å². The topological polar surface area (TPSA) is 57.2 Å². The van der Waals surface area contributed by atoms with Gasteiger partial charge in [-0.3, -0.25) is 0 Å². The highest BCUT2D eigenvalue weighted by atomic mass is 16.3. The summed E-state index contributed by atoms with van der Waals surface area (Å²) in [4.78, 5) is 5.28. The summed E-state index contributed by atoms with van der Waals surface area (Å²) in [5, 5.41) is 8.90. The van der Waals surface area contributed by atoms with Crippen molar-refractivity contribution in [3.8, 4) is 61.6 Å². The van der Waals surface area contributed by atoms with E-state index in [1.54, 1.807) is 0 Å². The highest BCUT2D eigenvalue weighted by Gasteiger charge is 2.20. The summed E-state index contributed by atoms with van der Waals surface area (Å²) in [6.07, 6.45) is 0. The number of nitrogens with zero attached hydrogens (tertiary/aromatic N) is 2. The van der Waals surface area contributed by atoms with E-state index >= 15 is 0 Å². The molecule has 0 saturated heterocycles. The number of hydrogen-bond donors (Lipinski definition) is 0. The van der Waals surface area contributed by atoms with Crippen LogP contribution in [0.15, 0.2) is 244 Å². The van der Waals surface area contributed by atoms with Gasteiger partial charge in [-0.25, -0.2) is 4.98 Å². The van der Waals surface area contributed by atoms with Crippen LogP contribution in [0.25, 0.3) is 149 Å². The van der Waals surface area contributed by atoms with Crippen molar-refractivity contribution in [2.75, 3.05) is 0 Å². The van der Waals surface area contributed by atoms with Crippen LogP contribution < -0.4 is 0 Å². The Morgan fingerprint density at radius 3 is 1.54 bits per heavy atom. The molecule has 0 unspecified atom stereocenters. The molecule has 0 aliphatic carbocycles. The lowest BCUT2D eigenvalue weighted by Gasteiger charge is -2.11. The zero-order chi connectivity index (χ0) is 45.9. The Balaban J connectivity index is 0.876. The molecule has 15 aromatic rings. The van der Waals surface area contributed by atoms with Gasteiger partial charge in [-0.15, -0.1) is 0 Å². The highest BCUT2D eigenvalue weighted by molar-refractivity contribution is 6.17. The summed E-state index contributed by atoms with van der Waals surface area (Å²) in [6.45, 7) is 0. The number of rotatable bonds is 6. The van der Waals surface area contributed by atoms with E-state index in [1.165, 1.54) is 21.8 Å². The monoisotopic (exact) mass is 894 g/mol. The summed E-state index contributed by atoms with van der Waals surface area (Å²) in [6, 6.07) is 81.4. The number of aromatic nitrogens is 2. The van der Waals surface area contributed by atoms with E-state index in [0.29, 0.717) is 0 Å². The van der Waals surface area contributed by atoms with Crippen molar-refractivity contribution in [3.05, 3.63) is 231 Å². The van der Waals surface area contributed by atoms with E-state index in [2.05, 4.69) is 217 Å². The van der Waals surface area contributed by atoms with Crippen LogP contribution in [-0.4, -0.2) is 9.55 Å². The van der Waals surface area contributed by atoms with Gasteiger partial charge in [0.25, 0.3) is 0 Å². The molecule has 0 spiro atoms. The molecular formula is C65H38N2O3. The summed E-state index contributed by atoms with van der Waals surface area (Å²) < 4.78 is 22.0. The van der Waals surface area contributed by atoms with Crippen molar-refractivity contribution in [2.24, 2.45) is 0 Å². The molecule has 10 aromatic carbocycles. The second-order valence-corrected chi connectivity index (χ2v) is 18.2. The predicted molar refractivity (Wildman–Crippen MR) is 288 cm³/mol. The van der Waals surface area contributed by atoms with Crippen molar-refractivity contribution < 1.29 is 13.3 Å². The number of hydrogen-bond acceptors (Lipinski definition) is 4. The van der Waals surface area contributed by atoms with E-state index in [0.717, 1.165) is 127 Å². The minimum absolute atomic E-state index is 0.827. The van der Waals surface area contributed by atoms with Gasteiger partial charge in [-0.05, 0) is 130 Å². The molecule has 0 aliphatic heterocycles. The first-order chi connectivity index (χ1) is 34.7. The van der Waals surface area contributed by atoms with Crippen LogP contribution in [0, 0.1) is 0 Å². The molecule has 0 N–H and O–H groups in total. The predicted octanol–water partition coefficient (Wildman–Crippen LogP) is 18.2. The Hall–Kier alpha value is -9.45. The van der Waals surface area contributed by atoms with Crippen LogP contribution in [-0.2, 0) is 0 Å². The SMILES string of the molecule is c1ccc(-c2cc(-c3cccc4oc5ccc(-c6cccc7oc8ccc(-c9ccc%10c(c9)c9ccccc9n%10-c9ccccc9)cc8c67)cc5c34)cc(-c3ccc4c(c3)oc3ccccc34)n2)cc1. The third-order valence-corrected chi connectivity index (χ3v) is 14.2. The minimum atomic E-state index is 0.827. The van der Waals surface area contributed by atoms with Crippen molar-refractivity contribution in [3.63, 3.8) is 0 Å². The van der Waals surface area contributed by atoms with Gasteiger partial charge in [0.2, 0.25) is 0 Å². The van der Waals surface area contributed by atoms with E-state index in [1.807, 2.05) is 18.2 Å². The van der Waals surface area contributed by atoms with Crippen molar-refractivity contribution in [1.29, 1.82) is 0 Å². The fourth-order valence-electron chi connectivity index (χ4n) is 11.0. The lowest BCUT2D eigenvalue weighted by molar-refractivity contribution is 0.668. The Morgan fingerprint density at radius 2 is 0.786 bits per heavy atom. The van der Waals surface area contributed by atoms with Crippen LogP contribution in [0.2, 0.25) is 0 Å². The molecule has 15 rings (SSSR count). The van der Waals surface area contributed by atoms with E-state index in [-0.39, 0.29) is 0 Å². The molecule has 0 bridgehead atoms. The number of fused-ring (bicyclic) bond motifs is 12. The highest BCUT2D eigenvalue weighted by Crippen LogP contribution is 2.44. The maximum Gasteiger partial charge on any atom is 0.136 e. The fourth-order valence-corrected chi connectivity index (χ4v) is 11.0. The average molecular weight is 895 g/mol. The molecule has 0 saturated carbocycles. The summed E-state index contributed by atoms with van der Waals surface area (Å²) >= 11 is 0. The largest absolute Gasteiger partial charge is 0.456 e. The number of benzene rings is 10. The first-order valence-corrected chi connectivity index (χ1v) is 23.7. The van der Waals surface area contributed by atoms with Gasteiger partial charge in [0, 0.05) is 59.9 Å². The first-order valence-electron chi connectivity index (χ1n) is 23.7. The zero-order valence-corrected chi connectivity index (χ0v) is 37.6. The van der Waals surface area contributed by atoms with E-state index in [9.17, 15) is 0 Å². The normalized spacial score (nSPS) is 12.0. The third-order valence-electron chi connectivity index (χ3n) is 14.2. The zero-order valence-electron chi connectivity index (χ0n) is 37.6. The molecule has 70 heavy (non-hydrogen) atoms. The Bertz CT molecular complexity index is 4590. The quantitative estimate of drug-likeness (QED) is 0.167. The van der Waals surface area contributed by atoms with Crippen LogP contribution in [0.4, 0.5) is 0 Å². The van der Waals surface area contributed by atoms with Crippen molar-refractivity contribution in [2.45, 2.75) is 0 Å². The first kappa shape index (κ1) is 38.6. The van der Waals surface area contributed by atoms with Gasteiger partial charge >= 0.3 is 0 Å². The van der Waals surface area contributed by atoms with Crippen LogP contribution in [0.5, 0.6) is 0 Å². The minimum Gasteiger partial charge on any atom is -0.456 e. The molecule has 5 nitrogen and oxygen atoms in total. The molecule has 0 fully saturated rings. The Morgan fingerprint density at radius 1 is 0.271 bits per heavy atom. The standard InChI is InChI=1S/C65H38N2O3/c1-3-13-39(14-4-1)54-36-44(37-55(66-54)43-25-29-50-49-18-8-10-22-58(49)70-63(50)38-43)47-20-12-24-62-65(47)53-35-42(28-32-60(53)69-62)46-19-11-23-61-64(46)52-34-41(27-31-59(52)68-61)40-26-30-57-51(33-40)48-17-7-9-21-56(48)67(57)45-15-5-2-6-16-45/h1-38H. The maximum atomic E-state index is 6.66. The molecule has 5 heteroatoms. The number of furan rings is 3. The van der Waals surface area contributed by atoms with Gasteiger partial charge in [-0.2, -0.15) is 0 Å². The summed E-state index contributed by atoms with van der Waals surface area (Å²) in [5.74, 6) is 0. The number of para-hydroxylation sites is 3. The van der Waals surface area contributed by atoms with Gasteiger partial charge in [0.1, 0.15) is 33.5 Å². The van der Waals surface area contributed by atoms with Gasteiger partial charge in [-0.1, -0.05) is 133 Å². The maximum absolute atomic E-state index is 6.66. The molecule has 326 valence electrons. The van der Waals surface area contributed by atoms with Crippen LogP contribution >= 0.6 is 0 Å². The van der Waals surface area contributed by atoms with Gasteiger partial charge in [0.15, 0.2) is 0 Å². The molecule has 5 aromatic heterocycles. The molecule has 0 amide bonds. The van der Waals surface area contributed by atoms with Gasteiger partial charge < -0.3 is 17.8 Å². The second kappa shape index (κ2) is 15.0. The molecule has 5 heterocycles. The fraction of sp³-hybridized carbons (Fsp3) is 0. The van der Waals surface area contributed by atoms with Crippen molar-refractivity contribution >= 4 is 87.6 Å². The lowest BCUT2D eigenvalue weighted by atomic mass is 9.94. The van der Waals surface area contributed by atoms with Crippen LogP contribution in [0.1, 0.15) is 0 Å². The molecule has 0 aliphatic rings. The molecular weight excluding hydrogens is 857 g/mol. The summed E-state index contributed by atoms with van der Waals surface area (Å²) in [5.41, 5.74) is 19.0. The summed E-state index contributed by atoms with van der Waals surface area (Å²) in [7, 11) is 0. The van der Waals surface area contributed by atoms with E-state index in [4.69, 9.17) is 18.2 Å². The van der Waals surface area contributed by atoms with Gasteiger partial charge in [0.05, 0.1) is 22.4 Å². The van der Waals surface area contributed by atoms with Crippen molar-refractivity contribution in [1.82, 2.24) is 9.55 Å². The molecule has 0 atom stereocenters. The smallest absolute Gasteiger partial charge is 0.136 e. The van der Waals surface area contributed by atoms with Crippen LogP contribution in [0.3, 0.4) is 0 Å². The number of pyridine rings is 1. The average Bonchev–Trinajstić information content (AvgIpc) is 4.19. The molecule has 0 radical (unpaired) electrons. The van der Waals surface area contributed by atoms with E-state index < -0.39 is 0 Å². The lowest BCUT2D eigenvalue weighted by Crippen LogP contribution is -1.92. The Kier molecular flexibility index (Phi) is 8.29. The second-order valence-electron chi connectivity index (χ2n) is 18.2.